The van der Waals surface area contributed by atoms with Crippen LogP contribution in [0.1, 0.15) is 24.5 Å². The first-order valence-electron chi connectivity index (χ1n) is 5.39. The van der Waals surface area contributed by atoms with Gasteiger partial charge in [0, 0.05) is 13.0 Å². The summed E-state index contributed by atoms with van der Waals surface area (Å²) in [6.45, 7) is 0.966. The molecule has 0 amide bonds. The molecule has 0 atom stereocenters. The molecule has 0 unspecified atom stereocenters. The van der Waals surface area contributed by atoms with Crippen LogP contribution in [0.5, 0.6) is 0 Å². The van der Waals surface area contributed by atoms with E-state index in [1.807, 2.05) is 0 Å². The number of amidine groups is 1. The Bertz CT molecular complexity index is 446. The van der Waals surface area contributed by atoms with Gasteiger partial charge in [-0.15, -0.1) is 10.2 Å². The largest absolute Gasteiger partial charge is 0.370 e. The lowest BCUT2D eigenvalue weighted by molar-refractivity contribution is 0.513. The van der Waals surface area contributed by atoms with Crippen LogP contribution in [0.4, 0.5) is 0 Å². The minimum absolute atomic E-state index is 0.0919. The predicted octanol–water partition coefficient (Wildman–Crippen LogP) is 0.0558. The van der Waals surface area contributed by atoms with Gasteiger partial charge in [0.2, 0.25) is 0 Å². The van der Waals surface area contributed by atoms with Gasteiger partial charge in [0.15, 0.2) is 11.1 Å². The topological polar surface area (TPSA) is 119 Å². The van der Waals surface area contributed by atoms with Crippen LogP contribution in [0.2, 0.25) is 0 Å². The Hall–Kier alpha value is -1.57. The Morgan fingerprint density at radius 2 is 2.24 bits per heavy atom. The van der Waals surface area contributed by atoms with Crippen molar-refractivity contribution in [1.29, 1.82) is 5.41 Å². The number of nitrogens with one attached hydrogen (secondary N) is 1. The van der Waals surface area contributed by atoms with Crippen molar-refractivity contribution >= 4 is 22.9 Å². The van der Waals surface area contributed by atoms with Crippen LogP contribution in [0.15, 0.2) is 4.99 Å². The fourth-order valence-electron chi connectivity index (χ4n) is 1.76. The third kappa shape index (κ3) is 2.96. The zero-order valence-electron chi connectivity index (χ0n) is 9.39. The number of thioether (sulfide) groups is 1. The summed E-state index contributed by atoms with van der Waals surface area (Å²) in [6.07, 6.45) is 3.33. The first-order valence-corrected chi connectivity index (χ1v) is 6.37. The van der Waals surface area contributed by atoms with E-state index in [4.69, 9.17) is 16.9 Å². The van der Waals surface area contributed by atoms with E-state index in [0.717, 1.165) is 31.0 Å². The zero-order chi connectivity index (χ0) is 12.3. The van der Waals surface area contributed by atoms with Gasteiger partial charge in [-0.2, -0.15) is 4.99 Å². The van der Waals surface area contributed by atoms with Crippen molar-refractivity contribution in [1.82, 2.24) is 14.8 Å². The van der Waals surface area contributed by atoms with Crippen molar-refractivity contribution in [2.45, 2.75) is 31.6 Å². The molecular formula is C9H15N7S. The molecule has 0 bridgehead atoms. The molecule has 7 nitrogen and oxygen atoms in total. The summed E-state index contributed by atoms with van der Waals surface area (Å²) < 4.78 is 2.12. The van der Waals surface area contributed by atoms with Crippen LogP contribution in [0.25, 0.3) is 0 Å². The Morgan fingerprint density at radius 3 is 3.00 bits per heavy atom. The molecule has 0 radical (unpaired) electrons. The Labute approximate surface area is 103 Å². The number of rotatable bonds is 2. The standard InChI is InChI=1S/C9H15N7S/c10-8(11)13-9(12)17-5-7-15-14-6-3-1-2-4-16(6)7/h1-5H2,(H5,10,11,12,13). The lowest BCUT2D eigenvalue weighted by Crippen LogP contribution is -2.23. The second-order valence-electron chi connectivity index (χ2n) is 3.77. The number of aromatic nitrogens is 3. The fourth-order valence-corrected chi connectivity index (χ4v) is 2.41. The molecule has 1 aliphatic heterocycles. The molecule has 8 heteroatoms. The smallest absolute Gasteiger partial charge is 0.193 e. The molecule has 17 heavy (non-hydrogen) atoms. The highest BCUT2D eigenvalue weighted by Gasteiger charge is 2.15. The van der Waals surface area contributed by atoms with Crippen LogP contribution in [0.3, 0.4) is 0 Å². The predicted molar refractivity (Wildman–Crippen MR) is 67.8 cm³/mol. The van der Waals surface area contributed by atoms with E-state index < -0.39 is 0 Å². The van der Waals surface area contributed by atoms with E-state index in [1.165, 1.54) is 18.2 Å². The number of hydrogen-bond acceptors (Lipinski definition) is 4. The van der Waals surface area contributed by atoms with Gasteiger partial charge < -0.3 is 16.0 Å². The molecule has 0 aliphatic carbocycles. The van der Waals surface area contributed by atoms with Crippen molar-refractivity contribution in [2.75, 3.05) is 0 Å². The van der Waals surface area contributed by atoms with E-state index in [1.54, 1.807) is 0 Å². The fraction of sp³-hybridized carbons (Fsp3) is 0.556. The van der Waals surface area contributed by atoms with Crippen LogP contribution in [0, 0.1) is 5.41 Å². The molecule has 2 rings (SSSR count). The summed E-state index contributed by atoms with van der Waals surface area (Å²) in [7, 11) is 0. The summed E-state index contributed by atoms with van der Waals surface area (Å²) >= 11 is 1.25. The van der Waals surface area contributed by atoms with Crippen molar-refractivity contribution in [3.05, 3.63) is 11.6 Å². The van der Waals surface area contributed by atoms with Crippen LogP contribution in [-0.4, -0.2) is 25.9 Å². The van der Waals surface area contributed by atoms with Gasteiger partial charge >= 0.3 is 0 Å². The molecule has 1 aliphatic rings. The Morgan fingerprint density at radius 1 is 1.41 bits per heavy atom. The normalized spacial score (nSPS) is 14.1. The maximum atomic E-state index is 7.52. The van der Waals surface area contributed by atoms with Crippen LogP contribution >= 0.6 is 11.8 Å². The molecule has 0 spiro atoms. The van der Waals surface area contributed by atoms with Crippen LogP contribution < -0.4 is 11.5 Å². The molecule has 0 saturated heterocycles. The molecular weight excluding hydrogens is 238 g/mol. The maximum absolute atomic E-state index is 7.52. The van der Waals surface area contributed by atoms with E-state index in [-0.39, 0.29) is 11.1 Å². The number of fused-ring (bicyclic) bond motifs is 1. The number of guanidine groups is 1. The highest BCUT2D eigenvalue weighted by atomic mass is 32.2. The highest BCUT2D eigenvalue weighted by Crippen LogP contribution is 2.18. The number of aryl methyl sites for hydroxylation is 1. The molecule has 0 saturated carbocycles. The maximum Gasteiger partial charge on any atom is 0.193 e. The highest BCUT2D eigenvalue weighted by molar-refractivity contribution is 8.13. The Balaban J connectivity index is 1.98. The quantitative estimate of drug-likeness (QED) is 0.508. The second kappa shape index (κ2) is 5.17. The monoisotopic (exact) mass is 253 g/mol. The number of hydrogen-bond donors (Lipinski definition) is 3. The van der Waals surface area contributed by atoms with Gasteiger partial charge in [-0.1, -0.05) is 11.8 Å². The van der Waals surface area contributed by atoms with Crippen molar-refractivity contribution < 1.29 is 0 Å². The minimum Gasteiger partial charge on any atom is -0.370 e. The summed E-state index contributed by atoms with van der Waals surface area (Å²) in [5, 5.41) is 15.9. The third-order valence-electron chi connectivity index (χ3n) is 2.50. The summed E-state index contributed by atoms with van der Waals surface area (Å²) in [5.41, 5.74) is 10.4. The van der Waals surface area contributed by atoms with Gasteiger partial charge in [-0.05, 0) is 12.8 Å². The summed E-state index contributed by atoms with van der Waals surface area (Å²) in [6, 6.07) is 0. The molecule has 1 aromatic rings. The molecule has 5 N–H and O–H groups in total. The van der Waals surface area contributed by atoms with Crippen molar-refractivity contribution in [3.63, 3.8) is 0 Å². The minimum atomic E-state index is -0.0919. The molecule has 92 valence electrons. The first-order chi connectivity index (χ1) is 8.16. The molecule has 1 aromatic heterocycles. The van der Waals surface area contributed by atoms with Gasteiger partial charge in [0.25, 0.3) is 0 Å². The van der Waals surface area contributed by atoms with Crippen LogP contribution in [-0.2, 0) is 18.7 Å². The lowest BCUT2D eigenvalue weighted by atomic mass is 10.2. The number of aliphatic imine (C=N–C) groups is 1. The van der Waals surface area contributed by atoms with Gasteiger partial charge in [-0.25, -0.2) is 0 Å². The average Bonchev–Trinajstić information content (AvgIpc) is 2.69. The van der Waals surface area contributed by atoms with E-state index in [9.17, 15) is 0 Å². The van der Waals surface area contributed by atoms with E-state index in [0.29, 0.717) is 5.75 Å². The number of nitrogens with two attached hydrogens (primary N) is 2. The second-order valence-corrected chi connectivity index (χ2v) is 4.74. The van der Waals surface area contributed by atoms with Crippen molar-refractivity contribution in [2.24, 2.45) is 16.5 Å². The molecule has 0 fully saturated rings. The average molecular weight is 253 g/mol. The Kier molecular flexibility index (Phi) is 3.62. The zero-order valence-corrected chi connectivity index (χ0v) is 10.2. The summed E-state index contributed by atoms with van der Waals surface area (Å²) in [4.78, 5) is 3.65. The lowest BCUT2D eigenvalue weighted by Gasteiger charge is -2.14. The van der Waals surface area contributed by atoms with E-state index in [2.05, 4.69) is 19.8 Å². The van der Waals surface area contributed by atoms with Gasteiger partial charge in [0.05, 0.1) is 5.75 Å². The molecule has 0 aromatic carbocycles. The number of nitrogens with zero attached hydrogens (tertiary/aromatic N) is 4. The third-order valence-corrected chi connectivity index (χ3v) is 3.27. The van der Waals surface area contributed by atoms with Gasteiger partial charge in [0.1, 0.15) is 11.6 Å². The van der Waals surface area contributed by atoms with Gasteiger partial charge in [-0.3, -0.25) is 5.41 Å². The molecule has 2 heterocycles. The first kappa shape index (κ1) is 11.9. The SMILES string of the molecule is N=C(N=C(N)N)SCc1nnc2n1CCCC2. The van der Waals surface area contributed by atoms with E-state index >= 15 is 0 Å². The van der Waals surface area contributed by atoms with Crippen molar-refractivity contribution in [3.8, 4) is 0 Å². The summed E-state index contributed by atoms with van der Waals surface area (Å²) in [5.74, 6) is 2.41.